The Morgan fingerprint density at radius 3 is 2.78 bits per heavy atom. The quantitative estimate of drug-likeness (QED) is 0.562. The molecular formula is C24H31NO2. The van der Waals surface area contributed by atoms with Gasteiger partial charge in [-0.1, -0.05) is 49.4 Å². The lowest BCUT2D eigenvalue weighted by molar-refractivity contribution is -0.121. The molecule has 1 saturated carbocycles. The van der Waals surface area contributed by atoms with E-state index in [0.717, 1.165) is 51.0 Å². The Kier molecular flexibility index (Phi) is 7.32. The van der Waals surface area contributed by atoms with Crippen LogP contribution in [-0.4, -0.2) is 19.1 Å². The second-order valence-electron chi connectivity index (χ2n) is 7.52. The van der Waals surface area contributed by atoms with Crippen LogP contribution < -0.4 is 10.1 Å². The van der Waals surface area contributed by atoms with Crippen LogP contribution in [0.1, 0.15) is 56.1 Å². The summed E-state index contributed by atoms with van der Waals surface area (Å²) in [6, 6.07) is 19.1. The van der Waals surface area contributed by atoms with E-state index in [1.807, 2.05) is 13.0 Å². The van der Waals surface area contributed by atoms with Crippen LogP contribution in [0.2, 0.25) is 0 Å². The van der Waals surface area contributed by atoms with Gasteiger partial charge >= 0.3 is 0 Å². The lowest BCUT2D eigenvalue weighted by Crippen LogP contribution is -2.25. The number of benzene rings is 2. The fourth-order valence-electron chi connectivity index (χ4n) is 3.54. The summed E-state index contributed by atoms with van der Waals surface area (Å²) in [5.74, 6) is 2.28. The maximum absolute atomic E-state index is 11.6. The number of aryl methyl sites for hydroxylation is 1. The Morgan fingerprint density at radius 1 is 1.11 bits per heavy atom. The fraction of sp³-hybridized carbons (Fsp3) is 0.458. The van der Waals surface area contributed by atoms with Gasteiger partial charge in [-0.2, -0.15) is 0 Å². The fourth-order valence-corrected chi connectivity index (χ4v) is 3.54. The summed E-state index contributed by atoms with van der Waals surface area (Å²) in [6.07, 6.45) is 6.01. The molecule has 1 aliphatic carbocycles. The van der Waals surface area contributed by atoms with Gasteiger partial charge in [-0.05, 0) is 67.2 Å². The van der Waals surface area contributed by atoms with E-state index in [1.54, 1.807) is 0 Å². The molecule has 1 fully saturated rings. The second kappa shape index (κ2) is 10.1. The molecular weight excluding hydrogens is 334 g/mol. The number of ether oxygens (including phenoxy) is 1. The third-order valence-corrected chi connectivity index (χ3v) is 5.22. The molecule has 144 valence electrons. The standard InChI is InChI=1S/C24H31NO2/c1-2-9-24(26)25-18-21-17-23(21)20-13-8-14-22(16-20)27-15-7-6-12-19-10-4-3-5-11-19/h3-5,8,10-11,13-14,16,21,23H,2,6-7,9,12,15,17-18H2,1H3,(H,25,26)/t21-,23-/m0/s1. The molecule has 2 aromatic carbocycles. The summed E-state index contributed by atoms with van der Waals surface area (Å²) in [6.45, 7) is 3.60. The van der Waals surface area contributed by atoms with Crippen LogP contribution in [0.25, 0.3) is 0 Å². The Hall–Kier alpha value is -2.29. The van der Waals surface area contributed by atoms with E-state index in [9.17, 15) is 4.79 Å². The summed E-state index contributed by atoms with van der Waals surface area (Å²) in [5.41, 5.74) is 2.73. The van der Waals surface area contributed by atoms with E-state index in [1.165, 1.54) is 11.1 Å². The molecule has 0 radical (unpaired) electrons. The normalized spacial score (nSPS) is 18.1. The molecule has 0 aromatic heterocycles. The first kappa shape index (κ1) is 19.5. The molecule has 0 bridgehead atoms. The maximum atomic E-state index is 11.6. The van der Waals surface area contributed by atoms with Gasteiger partial charge in [-0.25, -0.2) is 0 Å². The van der Waals surface area contributed by atoms with Crippen LogP contribution >= 0.6 is 0 Å². The van der Waals surface area contributed by atoms with Gasteiger partial charge < -0.3 is 10.1 Å². The van der Waals surface area contributed by atoms with E-state index >= 15 is 0 Å². The van der Waals surface area contributed by atoms with Crippen LogP contribution in [-0.2, 0) is 11.2 Å². The molecule has 2 atom stereocenters. The molecule has 0 aliphatic heterocycles. The number of hydrogen-bond acceptors (Lipinski definition) is 2. The van der Waals surface area contributed by atoms with Crippen LogP contribution in [0.15, 0.2) is 54.6 Å². The summed E-state index contributed by atoms with van der Waals surface area (Å²) >= 11 is 0. The highest BCUT2D eigenvalue weighted by molar-refractivity contribution is 5.75. The summed E-state index contributed by atoms with van der Waals surface area (Å²) < 4.78 is 5.96. The van der Waals surface area contributed by atoms with Crippen molar-refractivity contribution in [1.82, 2.24) is 5.32 Å². The Bertz CT molecular complexity index is 713. The number of carbonyl (C=O) groups is 1. The van der Waals surface area contributed by atoms with Gasteiger partial charge in [0.2, 0.25) is 5.91 Å². The molecule has 1 amide bonds. The van der Waals surface area contributed by atoms with Crippen LogP contribution in [0.4, 0.5) is 0 Å². The summed E-state index contributed by atoms with van der Waals surface area (Å²) in [7, 11) is 0. The number of hydrogen-bond donors (Lipinski definition) is 1. The molecule has 1 aliphatic rings. The van der Waals surface area contributed by atoms with Crippen LogP contribution in [0.5, 0.6) is 5.75 Å². The van der Waals surface area contributed by atoms with E-state index in [4.69, 9.17) is 4.74 Å². The number of rotatable bonds is 11. The number of amides is 1. The van der Waals surface area contributed by atoms with Crippen molar-refractivity contribution >= 4 is 5.91 Å². The highest BCUT2D eigenvalue weighted by atomic mass is 16.5. The molecule has 0 spiro atoms. The zero-order chi connectivity index (χ0) is 18.9. The number of unbranched alkanes of at least 4 members (excludes halogenated alkanes) is 1. The van der Waals surface area contributed by atoms with Crippen molar-refractivity contribution in [2.75, 3.05) is 13.2 Å². The summed E-state index contributed by atoms with van der Waals surface area (Å²) in [5, 5.41) is 3.05. The molecule has 27 heavy (non-hydrogen) atoms. The minimum atomic E-state index is 0.177. The summed E-state index contributed by atoms with van der Waals surface area (Å²) in [4.78, 5) is 11.6. The zero-order valence-electron chi connectivity index (χ0n) is 16.3. The molecule has 0 unspecified atom stereocenters. The monoisotopic (exact) mass is 365 g/mol. The number of nitrogens with one attached hydrogen (secondary N) is 1. The van der Waals surface area contributed by atoms with Gasteiger partial charge in [0.25, 0.3) is 0 Å². The second-order valence-corrected chi connectivity index (χ2v) is 7.52. The first-order chi connectivity index (χ1) is 13.3. The maximum Gasteiger partial charge on any atom is 0.219 e. The van der Waals surface area contributed by atoms with Crippen molar-refractivity contribution in [2.45, 2.75) is 51.4 Å². The Morgan fingerprint density at radius 2 is 1.96 bits per heavy atom. The average molecular weight is 366 g/mol. The number of carbonyl (C=O) groups excluding carboxylic acids is 1. The molecule has 3 rings (SSSR count). The predicted octanol–water partition coefficient (Wildman–Crippen LogP) is 5.11. The Balaban J connectivity index is 1.36. The van der Waals surface area contributed by atoms with Gasteiger partial charge in [0.05, 0.1) is 6.61 Å². The lowest BCUT2D eigenvalue weighted by Gasteiger charge is -2.09. The zero-order valence-corrected chi connectivity index (χ0v) is 16.3. The van der Waals surface area contributed by atoms with Gasteiger partial charge in [-0.15, -0.1) is 0 Å². The van der Waals surface area contributed by atoms with Crippen molar-refractivity contribution < 1.29 is 9.53 Å². The Labute approximate surface area is 163 Å². The first-order valence-corrected chi connectivity index (χ1v) is 10.3. The topological polar surface area (TPSA) is 38.3 Å². The van der Waals surface area contributed by atoms with E-state index in [-0.39, 0.29) is 5.91 Å². The van der Waals surface area contributed by atoms with Crippen molar-refractivity contribution in [3.05, 3.63) is 65.7 Å². The van der Waals surface area contributed by atoms with Gasteiger partial charge in [0.15, 0.2) is 0 Å². The van der Waals surface area contributed by atoms with E-state index < -0.39 is 0 Å². The van der Waals surface area contributed by atoms with Crippen molar-refractivity contribution in [3.63, 3.8) is 0 Å². The van der Waals surface area contributed by atoms with Crippen molar-refractivity contribution in [3.8, 4) is 5.75 Å². The van der Waals surface area contributed by atoms with Gasteiger partial charge in [-0.3, -0.25) is 4.79 Å². The smallest absolute Gasteiger partial charge is 0.219 e. The van der Waals surface area contributed by atoms with E-state index in [2.05, 4.69) is 53.8 Å². The highest BCUT2D eigenvalue weighted by Crippen LogP contribution is 2.47. The third-order valence-electron chi connectivity index (χ3n) is 5.22. The molecule has 2 aromatic rings. The van der Waals surface area contributed by atoms with Crippen LogP contribution in [0.3, 0.4) is 0 Å². The molecule has 3 heteroatoms. The van der Waals surface area contributed by atoms with Gasteiger partial charge in [0, 0.05) is 13.0 Å². The minimum absolute atomic E-state index is 0.177. The van der Waals surface area contributed by atoms with E-state index in [0.29, 0.717) is 18.3 Å². The average Bonchev–Trinajstić information content (AvgIpc) is 3.47. The van der Waals surface area contributed by atoms with Crippen molar-refractivity contribution in [2.24, 2.45) is 5.92 Å². The predicted molar refractivity (Wildman–Crippen MR) is 110 cm³/mol. The molecule has 3 nitrogen and oxygen atoms in total. The molecule has 0 saturated heterocycles. The first-order valence-electron chi connectivity index (χ1n) is 10.3. The van der Waals surface area contributed by atoms with Crippen molar-refractivity contribution in [1.29, 1.82) is 0 Å². The lowest BCUT2D eigenvalue weighted by atomic mass is 10.1. The highest BCUT2D eigenvalue weighted by Gasteiger charge is 2.38. The molecule has 0 heterocycles. The van der Waals surface area contributed by atoms with Gasteiger partial charge in [0.1, 0.15) is 5.75 Å². The largest absolute Gasteiger partial charge is 0.494 e. The third kappa shape index (κ3) is 6.42. The minimum Gasteiger partial charge on any atom is -0.494 e. The van der Waals surface area contributed by atoms with Crippen LogP contribution in [0, 0.1) is 5.92 Å². The molecule has 1 N–H and O–H groups in total. The SMILES string of the molecule is CCCC(=O)NC[C@@H]1C[C@H]1c1cccc(OCCCCc2ccccc2)c1.